The van der Waals surface area contributed by atoms with Crippen LogP contribution in [0.1, 0.15) is 23.8 Å². The second-order valence-corrected chi connectivity index (χ2v) is 4.90. The van der Waals surface area contributed by atoms with Crippen LogP contribution in [0.2, 0.25) is 0 Å². The van der Waals surface area contributed by atoms with Crippen LogP contribution in [-0.2, 0) is 7.05 Å². The van der Waals surface area contributed by atoms with Crippen LogP contribution in [0.25, 0.3) is 0 Å². The highest BCUT2D eigenvalue weighted by Gasteiger charge is 2.29. The summed E-state index contributed by atoms with van der Waals surface area (Å²) in [5, 5.41) is 0. The highest BCUT2D eigenvalue weighted by Crippen LogP contribution is 2.23. The number of carbonyl (C=O) groups is 1. The maximum absolute atomic E-state index is 12.3. The zero-order valence-corrected chi connectivity index (χ0v) is 10.5. The molecule has 94 valence electrons. The number of hydrogen-bond donors (Lipinski definition) is 1. The Morgan fingerprint density at radius 3 is 3.00 bits per heavy atom. The van der Waals surface area contributed by atoms with E-state index in [2.05, 4.69) is 11.9 Å². The lowest BCUT2D eigenvalue weighted by atomic mass is 9.87. The van der Waals surface area contributed by atoms with Crippen LogP contribution in [0, 0.1) is 11.8 Å². The minimum absolute atomic E-state index is 0.0651. The standard InChI is InChI=1S/C12H20N4O/c1-9-3-4-16(7-10(9)5-13)12(17)11-6-14-8-15(11)2/h6,8-10H,3-5,7,13H2,1-2H3. The van der Waals surface area contributed by atoms with Gasteiger partial charge in [-0.25, -0.2) is 4.98 Å². The molecule has 2 heterocycles. The summed E-state index contributed by atoms with van der Waals surface area (Å²) >= 11 is 0. The second-order valence-electron chi connectivity index (χ2n) is 4.90. The molecule has 0 radical (unpaired) electrons. The molecule has 1 saturated heterocycles. The number of carbonyl (C=O) groups excluding carboxylic acids is 1. The number of aromatic nitrogens is 2. The molecule has 0 aromatic carbocycles. The number of aryl methyl sites for hydroxylation is 1. The highest BCUT2D eigenvalue weighted by molar-refractivity contribution is 5.92. The fraction of sp³-hybridized carbons (Fsp3) is 0.667. The van der Waals surface area contributed by atoms with Crippen molar-refractivity contribution in [2.45, 2.75) is 13.3 Å². The molecular weight excluding hydrogens is 216 g/mol. The fourth-order valence-corrected chi connectivity index (χ4v) is 2.37. The molecule has 1 fully saturated rings. The molecule has 0 bridgehead atoms. The van der Waals surface area contributed by atoms with Crippen LogP contribution in [-0.4, -0.2) is 40.0 Å². The van der Waals surface area contributed by atoms with Gasteiger partial charge in [-0.15, -0.1) is 0 Å². The summed E-state index contributed by atoms with van der Waals surface area (Å²) in [5.41, 5.74) is 6.40. The molecule has 17 heavy (non-hydrogen) atoms. The summed E-state index contributed by atoms with van der Waals surface area (Å²) in [5.74, 6) is 1.09. The summed E-state index contributed by atoms with van der Waals surface area (Å²) in [7, 11) is 1.84. The number of rotatable bonds is 2. The monoisotopic (exact) mass is 236 g/mol. The lowest BCUT2D eigenvalue weighted by Gasteiger charge is -2.36. The summed E-state index contributed by atoms with van der Waals surface area (Å²) in [6.07, 6.45) is 4.31. The SMILES string of the molecule is CC1CCN(C(=O)c2cncn2C)CC1CN. The van der Waals surface area contributed by atoms with E-state index in [9.17, 15) is 4.79 Å². The van der Waals surface area contributed by atoms with E-state index in [1.54, 1.807) is 17.1 Å². The molecule has 2 N–H and O–H groups in total. The summed E-state index contributed by atoms with van der Waals surface area (Å²) in [6.45, 7) is 4.45. The van der Waals surface area contributed by atoms with E-state index in [-0.39, 0.29) is 5.91 Å². The van der Waals surface area contributed by atoms with Crippen molar-refractivity contribution in [3.63, 3.8) is 0 Å². The lowest BCUT2D eigenvalue weighted by molar-refractivity contribution is 0.0609. The molecule has 0 saturated carbocycles. The van der Waals surface area contributed by atoms with Crippen LogP contribution in [0.4, 0.5) is 0 Å². The molecule has 0 aliphatic carbocycles. The molecule has 2 unspecified atom stereocenters. The van der Waals surface area contributed by atoms with Gasteiger partial charge in [0.25, 0.3) is 5.91 Å². The van der Waals surface area contributed by atoms with Crippen molar-refractivity contribution in [1.29, 1.82) is 0 Å². The molecule has 2 rings (SSSR count). The van der Waals surface area contributed by atoms with Crippen molar-refractivity contribution >= 4 is 5.91 Å². The number of piperidine rings is 1. The van der Waals surface area contributed by atoms with Crippen LogP contribution < -0.4 is 5.73 Å². The Hall–Kier alpha value is -1.36. The van der Waals surface area contributed by atoms with Crippen molar-refractivity contribution in [1.82, 2.24) is 14.5 Å². The molecular formula is C12H20N4O. The number of hydrogen-bond acceptors (Lipinski definition) is 3. The van der Waals surface area contributed by atoms with Gasteiger partial charge in [-0.2, -0.15) is 0 Å². The number of likely N-dealkylation sites (tertiary alicyclic amines) is 1. The Morgan fingerprint density at radius 1 is 1.65 bits per heavy atom. The van der Waals surface area contributed by atoms with Gasteiger partial charge in [-0.3, -0.25) is 4.79 Å². The Bertz CT molecular complexity index is 401. The van der Waals surface area contributed by atoms with Crippen molar-refractivity contribution in [3.8, 4) is 0 Å². The number of amides is 1. The van der Waals surface area contributed by atoms with Gasteiger partial charge in [-0.1, -0.05) is 6.92 Å². The molecule has 5 heteroatoms. The summed E-state index contributed by atoms with van der Waals surface area (Å²) < 4.78 is 1.76. The largest absolute Gasteiger partial charge is 0.337 e. The van der Waals surface area contributed by atoms with Crippen molar-refractivity contribution in [2.24, 2.45) is 24.6 Å². The summed E-state index contributed by atoms with van der Waals surface area (Å²) in [4.78, 5) is 18.2. The normalized spacial score (nSPS) is 25.0. The third-order valence-corrected chi connectivity index (χ3v) is 3.74. The maximum Gasteiger partial charge on any atom is 0.272 e. The fourth-order valence-electron chi connectivity index (χ4n) is 2.37. The van der Waals surface area contributed by atoms with Gasteiger partial charge in [0, 0.05) is 20.1 Å². The maximum atomic E-state index is 12.3. The summed E-state index contributed by atoms with van der Waals surface area (Å²) in [6, 6.07) is 0. The Kier molecular flexibility index (Phi) is 3.47. The van der Waals surface area contributed by atoms with E-state index >= 15 is 0 Å². The van der Waals surface area contributed by atoms with E-state index in [1.165, 1.54) is 0 Å². The van der Waals surface area contributed by atoms with Gasteiger partial charge in [-0.05, 0) is 24.8 Å². The van der Waals surface area contributed by atoms with Crippen molar-refractivity contribution < 1.29 is 4.79 Å². The van der Waals surface area contributed by atoms with E-state index < -0.39 is 0 Å². The van der Waals surface area contributed by atoms with Crippen LogP contribution >= 0.6 is 0 Å². The smallest absolute Gasteiger partial charge is 0.272 e. The minimum atomic E-state index is 0.0651. The van der Waals surface area contributed by atoms with Crippen molar-refractivity contribution in [3.05, 3.63) is 18.2 Å². The number of nitrogens with two attached hydrogens (primary N) is 1. The first-order valence-electron chi connectivity index (χ1n) is 6.09. The van der Waals surface area contributed by atoms with E-state index in [0.29, 0.717) is 24.1 Å². The van der Waals surface area contributed by atoms with Crippen molar-refractivity contribution in [2.75, 3.05) is 19.6 Å². The van der Waals surface area contributed by atoms with Gasteiger partial charge in [0.2, 0.25) is 0 Å². The molecule has 1 amide bonds. The predicted molar refractivity (Wildman–Crippen MR) is 65.4 cm³/mol. The minimum Gasteiger partial charge on any atom is -0.337 e. The van der Waals surface area contributed by atoms with Crippen LogP contribution in [0.5, 0.6) is 0 Å². The Balaban J connectivity index is 2.09. The molecule has 1 aliphatic rings. The zero-order chi connectivity index (χ0) is 12.4. The van der Waals surface area contributed by atoms with E-state index in [4.69, 9.17) is 5.73 Å². The average molecular weight is 236 g/mol. The van der Waals surface area contributed by atoms with E-state index in [0.717, 1.165) is 19.5 Å². The quantitative estimate of drug-likeness (QED) is 0.812. The number of nitrogens with zero attached hydrogens (tertiary/aromatic N) is 3. The number of imidazole rings is 1. The van der Waals surface area contributed by atoms with Gasteiger partial charge in [0.05, 0.1) is 12.5 Å². The third-order valence-electron chi connectivity index (χ3n) is 3.74. The van der Waals surface area contributed by atoms with Gasteiger partial charge >= 0.3 is 0 Å². The van der Waals surface area contributed by atoms with Gasteiger partial charge < -0.3 is 15.2 Å². The topological polar surface area (TPSA) is 64.2 Å². The van der Waals surface area contributed by atoms with Gasteiger partial charge in [0.15, 0.2) is 0 Å². The third kappa shape index (κ3) is 2.34. The molecule has 0 spiro atoms. The molecule has 5 nitrogen and oxygen atoms in total. The molecule has 1 aliphatic heterocycles. The van der Waals surface area contributed by atoms with Gasteiger partial charge in [0.1, 0.15) is 5.69 Å². The predicted octanol–water partition coefficient (Wildman–Crippen LogP) is 0.477. The van der Waals surface area contributed by atoms with Crippen LogP contribution in [0.3, 0.4) is 0 Å². The first kappa shape index (κ1) is 12.1. The van der Waals surface area contributed by atoms with Crippen LogP contribution in [0.15, 0.2) is 12.5 Å². The lowest BCUT2D eigenvalue weighted by Crippen LogP contribution is -2.45. The van der Waals surface area contributed by atoms with E-state index in [1.807, 2.05) is 11.9 Å². The average Bonchev–Trinajstić information content (AvgIpc) is 2.75. The first-order valence-corrected chi connectivity index (χ1v) is 6.09. The Labute approximate surface area is 102 Å². The zero-order valence-electron chi connectivity index (χ0n) is 10.5. The first-order chi connectivity index (χ1) is 8.13. The highest BCUT2D eigenvalue weighted by atomic mass is 16.2. The molecule has 2 atom stereocenters. The molecule has 1 aromatic rings. The molecule has 1 aromatic heterocycles. The second kappa shape index (κ2) is 4.87. The Morgan fingerprint density at radius 2 is 2.41 bits per heavy atom.